The molecule has 0 radical (unpaired) electrons. The Labute approximate surface area is 479 Å². The van der Waals surface area contributed by atoms with Crippen molar-refractivity contribution in [1.82, 2.24) is 0 Å². The molecule has 0 aliphatic heterocycles. The van der Waals surface area contributed by atoms with E-state index in [1.165, 1.54) is 44.9 Å². The molecule has 0 spiro atoms. The third-order valence-electron chi connectivity index (χ3n) is 12.4. The van der Waals surface area contributed by atoms with E-state index in [4.69, 9.17) is 14.2 Å². The van der Waals surface area contributed by atoms with Crippen LogP contribution in [0.3, 0.4) is 0 Å². The zero-order valence-electron chi connectivity index (χ0n) is 49.9. The first-order valence-corrected chi connectivity index (χ1v) is 31.1. The summed E-state index contributed by atoms with van der Waals surface area (Å²) in [6.07, 6.45) is 95.1. The number of unbranched alkanes of at least 4 members (excludes halogenated alkanes) is 15. The zero-order valence-corrected chi connectivity index (χ0v) is 49.9. The SMILES string of the molecule is CC/C=C\C/C=C\C/C=C\C/C=C\C/C=C\C/C=C\C/C=C\C/C=C\C/C=C\CCCC(=O)OCC(COC(=O)CCCCCCC/C=C\CCC)OC(=O)CCCCCCCCCC/C=C\C/C=C\C/C=C\C/C=C\CC. The summed E-state index contributed by atoms with van der Waals surface area (Å²) < 4.78 is 16.8. The molecule has 0 amide bonds. The summed E-state index contributed by atoms with van der Waals surface area (Å²) in [6, 6.07) is 0. The summed E-state index contributed by atoms with van der Waals surface area (Å²) in [6.45, 7) is 6.28. The fraction of sp³-hybridized carbons (Fsp3) is 0.569. The fourth-order valence-electron chi connectivity index (χ4n) is 7.85. The Morgan fingerprint density at radius 2 is 0.513 bits per heavy atom. The standard InChI is InChI=1S/C72H112O6/c1-4-7-10-13-16-19-22-24-26-28-30-32-33-34-35-36-37-38-39-41-42-44-46-48-50-53-56-59-62-65-71(74)77-68-69(67-76-70(73)64-61-58-55-52-21-18-15-12-9-6-3)78-72(75)66-63-60-57-54-51-49-47-45-43-40-31-29-27-25-23-20-17-14-11-8-5-2/h7-8,10-12,15-17,19-20,24-27,30-32,34-35,37-38,40-42,46,48,53,56,69H,4-6,9,13-14,18,21-23,28-29,33,36,39,43-45,47,49-52,54-55,57-68H2,1-3H3/b10-7-,11-8-,15-12-,19-16-,20-17-,26-24-,27-25-,32-30-,35-34-,38-37-,40-31-,42-41-,48-46-,56-53-. The topological polar surface area (TPSA) is 78.9 Å². The number of hydrogen-bond donors (Lipinski definition) is 0. The lowest BCUT2D eigenvalue weighted by atomic mass is 10.1. The number of ether oxygens (including phenoxy) is 3. The highest BCUT2D eigenvalue weighted by Crippen LogP contribution is 2.14. The Hall–Kier alpha value is -5.23. The van der Waals surface area contributed by atoms with Crippen molar-refractivity contribution >= 4 is 17.9 Å². The molecule has 0 rings (SSSR count). The van der Waals surface area contributed by atoms with Crippen LogP contribution >= 0.6 is 0 Å². The molecule has 1 atom stereocenters. The Balaban J connectivity index is 4.42. The van der Waals surface area contributed by atoms with E-state index in [2.05, 4.69) is 191 Å². The van der Waals surface area contributed by atoms with Crippen LogP contribution in [-0.4, -0.2) is 37.2 Å². The molecular weight excluding hydrogens is 961 g/mol. The summed E-state index contributed by atoms with van der Waals surface area (Å²) in [5.74, 6) is -1.000. The Bertz CT molecular complexity index is 1810. The van der Waals surface area contributed by atoms with Gasteiger partial charge in [-0.05, 0) is 141 Å². The van der Waals surface area contributed by atoms with Gasteiger partial charge in [-0.25, -0.2) is 0 Å². The molecule has 0 aromatic carbocycles. The van der Waals surface area contributed by atoms with E-state index in [1.807, 2.05) is 0 Å². The molecule has 0 bridgehead atoms. The van der Waals surface area contributed by atoms with Crippen molar-refractivity contribution in [3.63, 3.8) is 0 Å². The van der Waals surface area contributed by atoms with Crippen molar-refractivity contribution < 1.29 is 28.6 Å². The molecule has 0 heterocycles. The van der Waals surface area contributed by atoms with Crippen LogP contribution in [0.4, 0.5) is 0 Å². The Morgan fingerprint density at radius 1 is 0.269 bits per heavy atom. The van der Waals surface area contributed by atoms with Gasteiger partial charge in [0.05, 0.1) is 0 Å². The number of rotatable bonds is 54. The van der Waals surface area contributed by atoms with Gasteiger partial charge in [-0.1, -0.05) is 255 Å². The van der Waals surface area contributed by atoms with Gasteiger partial charge in [-0.15, -0.1) is 0 Å². The largest absolute Gasteiger partial charge is 0.462 e. The number of carbonyl (C=O) groups is 3. The van der Waals surface area contributed by atoms with Gasteiger partial charge in [0.1, 0.15) is 13.2 Å². The molecule has 0 aromatic heterocycles. The van der Waals surface area contributed by atoms with Crippen LogP contribution in [0.25, 0.3) is 0 Å². The molecule has 78 heavy (non-hydrogen) atoms. The normalized spacial score (nSPS) is 13.3. The second-order valence-corrected chi connectivity index (χ2v) is 19.8. The summed E-state index contributed by atoms with van der Waals surface area (Å²) in [7, 11) is 0. The molecular formula is C72H112O6. The van der Waals surface area contributed by atoms with E-state index in [-0.39, 0.29) is 37.5 Å². The molecule has 1 unspecified atom stereocenters. The quantitative estimate of drug-likeness (QED) is 0.0261. The van der Waals surface area contributed by atoms with Crippen molar-refractivity contribution in [3.8, 4) is 0 Å². The highest BCUT2D eigenvalue weighted by molar-refractivity contribution is 5.71. The molecule has 0 fully saturated rings. The number of esters is 3. The summed E-state index contributed by atoms with van der Waals surface area (Å²) in [5.41, 5.74) is 0. The van der Waals surface area contributed by atoms with E-state index < -0.39 is 6.10 Å². The van der Waals surface area contributed by atoms with E-state index >= 15 is 0 Å². The van der Waals surface area contributed by atoms with Crippen LogP contribution in [0.1, 0.15) is 245 Å². The van der Waals surface area contributed by atoms with Gasteiger partial charge >= 0.3 is 17.9 Å². The van der Waals surface area contributed by atoms with Gasteiger partial charge in [0.25, 0.3) is 0 Å². The van der Waals surface area contributed by atoms with Crippen LogP contribution in [-0.2, 0) is 28.6 Å². The number of carbonyl (C=O) groups excluding carboxylic acids is 3. The van der Waals surface area contributed by atoms with Crippen LogP contribution in [0, 0.1) is 0 Å². The number of hydrogen-bond acceptors (Lipinski definition) is 6. The van der Waals surface area contributed by atoms with Crippen LogP contribution in [0.2, 0.25) is 0 Å². The molecule has 6 heteroatoms. The average molecular weight is 1070 g/mol. The highest BCUT2D eigenvalue weighted by Gasteiger charge is 2.19. The van der Waals surface area contributed by atoms with Gasteiger partial charge in [-0.2, -0.15) is 0 Å². The van der Waals surface area contributed by atoms with Crippen LogP contribution < -0.4 is 0 Å². The highest BCUT2D eigenvalue weighted by atomic mass is 16.6. The van der Waals surface area contributed by atoms with Gasteiger partial charge in [-0.3, -0.25) is 14.4 Å². The average Bonchev–Trinajstić information content (AvgIpc) is 3.44. The van der Waals surface area contributed by atoms with Gasteiger partial charge < -0.3 is 14.2 Å². The monoisotopic (exact) mass is 1070 g/mol. The maximum atomic E-state index is 12.9. The predicted octanol–water partition coefficient (Wildman–Crippen LogP) is 21.5. The maximum Gasteiger partial charge on any atom is 0.306 e. The van der Waals surface area contributed by atoms with E-state index in [1.54, 1.807) is 0 Å². The summed E-state index contributed by atoms with van der Waals surface area (Å²) in [5, 5.41) is 0. The smallest absolute Gasteiger partial charge is 0.306 e. The summed E-state index contributed by atoms with van der Waals surface area (Å²) >= 11 is 0. The maximum absolute atomic E-state index is 12.9. The van der Waals surface area contributed by atoms with Crippen LogP contribution in [0.5, 0.6) is 0 Å². The summed E-state index contributed by atoms with van der Waals surface area (Å²) in [4.78, 5) is 38.2. The fourth-order valence-corrected chi connectivity index (χ4v) is 7.85. The third kappa shape index (κ3) is 61.6. The lowest BCUT2D eigenvalue weighted by Crippen LogP contribution is -2.30. The van der Waals surface area contributed by atoms with Crippen molar-refractivity contribution in [3.05, 3.63) is 170 Å². The molecule has 0 N–H and O–H groups in total. The van der Waals surface area contributed by atoms with Gasteiger partial charge in [0.2, 0.25) is 0 Å². The lowest BCUT2D eigenvalue weighted by Gasteiger charge is -2.18. The van der Waals surface area contributed by atoms with Crippen LogP contribution in [0.15, 0.2) is 170 Å². The minimum atomic E-state index is -0.818. The molecule has 0 saturated carbocycles. The minimum Gasteiger partial charge on any atom is -0.462 e. The van der Waals surface area contributed by atoms with Gasteiger partial charge in [0.15, 0.2) is 6.10 Å². The van der Waals surface area contributed by atoms with E-state index in [0.717, 1.165) is 154 Å². The second kappa shape index (κ2) is 64.3. The molecule has 0 aromatic rings. The van der Waals surface area contributed by atoms with Crippen molar-refractivity contribution in [1.29, 1.82) is 0 Å². The molecule has 6 nitrogen and oxygen atoms in total. The first-order chi connectivity index (χ1) is 38.5. The van der Waals surface area contributed by atoms with Gasteiger partial charge in [0, 0.05) is 19.3 Å². The Morgan fingerprint density at radius 3 is 0.846 bits per heavy atom. The first-order valence-electron chi connectivity index (χ1n) is 31.1. The lowest BCUT2D eigenvalue weighted by molar-refractivity contribution is -0.167. The Kier molecular flexibility index (Phi) is 60.0. The minimum absolute atomic E-state index is 0.111. The number of allylic oxidation sites excluding steroid dienone is 28. The predicted molar refractivity (Wildman–Crippen MR) is 338 cm³/mol. The van der Waals surface area contributed by atoms with E-state index in [9.17, 15) is 14.4 Å². The molecule has 436 valence electrons. The molecule has 0 aliphatic carbocycles. The molecule has 0 saturated heterocycles. The zero-order chi connectivity index (χ0) is 56.4. The van der Waals surface area contributed by atoms with E-state index in [0.29, 0.717) is 19.3 Å². The third-order valence-corrected chi connectivity index (χ3v) is 12.4. The van der Waals surface area contributed by atoms with Crippen molar-refractivity contribution in [2.45, 2.75) is 252 Å². The second-order valence-electron chi connectivity index (χ2n) is 19.8. The van der Waals surface area contributed by atoms with Crippen molar-refractivity contribution in [2.75, 3.05) is 13.2 Å². The first kappa shape index (κ1) is 72.8. The molecule has 0 aliphatic rings. The van der Waals surface area contributed by atoms with Crippen molar-refractivity contribution in [2.24, 2.45) is 0 Å².